The summed E-state index contributed by atoms with van der Waals surface area (Å²) in [6, 6.07) is 19.8. The Kier molecular flexibility index (Phi) is 5.98. The smallest absolute Gasteiger partial charge is 0.323 e. The molecule has 0 fully saturated rings. The van der Waals surface area contributed by atoms with Crippen molar-refractivity contribution >= 4 is 17.4 Å². The monoisotopic (exact) mass is 458 g/mol. The van der Waals surface area contributed by atoms with Crippen molar-refractivity contribution in [1.29, 1.82) is 0 Å². The van der Waals surface area contributed by atoms with Gasteiger partial charge in [0.05, 0.1) is 18.7 Å². The van der Waals surface area contributed by atoms with Gasteiger partial charge in [-0.2, -0.15) is 0 Å². The van der Waals surface area contributed by atoms with Crippen molar-refractivity contribution in [3.63, 3.8) is 0 Å². The number of carbonyl (C=O) groups excluding carboxylic acids is 1. The molecule has 0 saturated carbocycles. The Morgan fingerprint density at radius 3 is 2.76 bits per heavy atom. The molecule has 0 atom stereocenters. The van der Waals surface area contributed by atoms with E-state index < -0.39 is 6.03 Å². The average Bonchev–Trinajstić information content (AvgIpc) is 3.50. The van der Waals surface area contributed by atoms with E-state index in [1.54, 1.807) is 30.3 Å². The van der Waals surface area contributed by atoms with Crippen molar-refractivity contribution in [1.82, 2.24) is 10.2 Å². The maximum atomic E-state index is 12.5. The Hall–Kier alpha value is -4.53. The van der Waals surface area contributed by atoms with Gasteiger partial charge in [-0.05, 0) is 55.0 Å². The number of hydrogen-bond acceptors (Lipinski definition) is 7. The number of carbonyl (C=O) groups is 1. The average molecular weight is 458 g/mol. The van der Waals surface area contributed by atoms with E-state index in [0.29, 0.717) is 53.2 Å². The van der Waals surface area contributed by atoms with E-state index >= 15 is 0 Å². The Balaban J connectivity index is 1.25. The highest BCUT2D eigenvalue weighted by Gasteiger charge is 2.16. The first-order chi connectivity index (χ1) is 16.7. The van der Waals surface area contributed by atoms with Gasteiger partial charge in [0.25, 0.3) is 0 Å². The quantitative estimate of drug-likeness (QED) is 0.397. The number of nitrogens with zero attached hydrogens (tertiary/aromatic N) is 2. The summed E-state index contributed by atoms with van der Waals surface area (Å²) in [6.45, 7) is 2.62. The molecule has 0 aliphatic carbocycles. The van der Waals surface area contributed by atoms with E-state index in [0.717, 1.165) is 11.3 Å². The van der Waals surface area contributed by atoms with Crippen LogP contribution in [0.1, 0.15) is 18.4 Å². The molecule has 1 aliphatic heterocycles. The summed E-state index contributed by atoms with van der Waals surface area (Å²) in [5.74, 6) is 2.87. The summed E-state index contributed by atoms with van der Waals surface area (Å²) in [5, 5.41) is 13.9. The number of anilines is 2. The minimum Gasteiger partial charge on any atom is -0.492 e. The van der Waals surface area contributed by atoms with Gasteiger partial charge >= 0.3 is 6.03 Å². The molecule has 2 heterocycles. The van der Waals surface area contributed by atoms with Crippen molar-refractivity contribution in [2.75, 3.05) is 24.0 Å². The van der Waals surface area contributed by atoms with Crippen LogP contribution in [-0.4, -0.2) is 29.6 Å². The van der Waals surface area contributed by atoms with Crippen LogP contribution in [0.15, 0.2) is 71.1 Å². The number of para-hydroxylation sites is 2. The van der Waals surface area contributed by atoms with Crippen molar-refractivity contribution in [3.8, 4) is 28.7 Å². The zero-order valence-corrected chi connectivity index (χ0v) is 18.4. The van der Waals surface area contributed by atoms with E-state index in [1.807, 2.05) is 43.3 Å². The van der Waals surface area contributed by atoms with Gasteiger partial charge in [-0.15, -0.1) is 10.2 Å². The minimum absolute atomic E-state index is 0.227. The van der Waals surface area contributed by atoms with Gasteiger partial charge < -0.3 is 29.3 Å². The molecule has 1 aliphatic rings. The van der Waals surface area contributed by atoms with Crippen LogP contribution < -0.4 is 24.8 Å². The Morgan fingerprint density at radius 1 is 0.971 bits per heavy atom. The molecule has 1 aromatic heterocycles. The van der Waals surface area contributed by atoms with E-state index in [2.05, 4.69) is 20.8 Å². The summed E-state index contributed by atoms with van der Waals surface area (Å²) in [5.41, 5.74) is 2.83. The number of aromatic nitrogens is 2. The zero-order chi connectivity index (χ0) is 23.3. The molecule has 3 aromatic carbocycles. The third-order valence-electron chi connectivity index (χ3n) is 5.06. The van der Waals surface area contributed by atoms with Gasteiger partial charge in [0.15, 0.2) is 11.5 Å². The van der Waals surface area contributed by atoms with Crippen molar-refractivity contribution in [2.24, 2.45) is 0 Å². The van der Waals surface area contributed by atoms with E-state index in [9.17, 15) is 4.79 Å². The van der Waals surface area contributed by atoms with Crippen LogP contribution in [0.4, 0.5) is 16.2 Å². The second kappa shape index (κ2) is 9.53. The predicted octanol–water partition coefficient (Wildman–Crippen LogP) is 5.10. The molecule has 0 radical (unpaired) electrons. The number of hydrogen-bond donors (Lipinski definition) is 2. The van der Waals surface area contributed by atoms with E-state index in [1.165, 1.54) is 0 Å². The Bertz CT molecular complexity index is 1320. The molecule has 0 bridgehead atoms. The van der Waals surface area contributed by atoms with Crippen LogP contribution in [0.2, 0.25) is 0 Å². The standard InChI is InChI=1S/C25H22N4O5/c1-2-31-20-9-4-3-8-19(20)27-25(30)26-18-7-5-6-17(14-18)24-29-28-23(34-24)13-16-10-11-21-22(12-16)33-15-32-21/h3-12,14H,2,13,15H2,1H3,(H2,26,27,30). The summed E-state index contributed by atoms with van der Waals surface area (Å²) < 4.78 is 22.2. The van der Waals surface area contributed by atoms with Gasteiger partial charge in [0.1, 0.15) is 5.75 Å². The molecule has 9 nitrogen and oxygen atoms in total. The highest BCUT2D eigenvalue weighted by atomic mass is 16.7. The first kappa shape index (κ1) is 21.3. The number of ether oxygens (including phenoxy) is 3. The number of urea groups is 1. The number of benzene rings is 3. The molecule has 34 heavy (non-hydrogen) atoms. The second-order valence-electron chi connectivity index (χ2n) is 7.45. The topological polar surface area (TPSA) is 108 Å². The molecule has 0 unspecified atom stereocenters. The summed E-state index contributed by atoms with van der Waals surface area (Å²) in [6.07, 6.45) is 0.462. The SMILES string of the molecule is CCOc1ccccc1NC(=O)Nc1cccc(-c2nnc(Cc3ccc4c(c3)OCO4)o2)c1. The molecule has 172 valence electrons. The third kappa shape index (κ3) is 4.78. The van der Waals surface area contributed by atoms with Gasteiger partial charge in [-0.25, -0.2) is 4.79 Å². The molecule has 2 N–H and O–H groups in total. The second-order valence-corrected chi connectivity index (χ2v) is 7.45. The lowest BCUT2D eigenvalue weighted by atomic mass is 10.1. The molecule has 9 heteroatoms. The van der Waals surface area contributed by atoms with Crippen LogP contribution in [0.5, 0.6) is 17.2 Å². The van der Waals surface area contributed by atoms with Crippen molar-refractivity contribution in [3.05, 3.63) is 78.2 Å². The van der Waals surface area contributed by atoms with E-state index in [4.69, 9.17) is 18.6 Å². The third-order valence-corrected chi connectivity index (χ3v) is 5.06. The fourth-order valence-corrected chi connectivity index (χ4v) is 3.53. The first-order valence-electron chi connectivity index (χ1n) is 10.8. The number of fused-ring (bicyclic) bond motifs is 1. The van der Waals surface area contributed by atoms with Crippen molar-refractivity contribution in [2.45, 2.75) is 13.3 Å². The number of rotatable bonds is 7. The van der Waals surface area contributed by atoms with Crippen LogP contribution in [0, 0.1) is 0 Å². The lowest BCUT2D eigenvalue weighted by molar-refractivity contribution is 0.174. The zero-order valence-electron chi connectivity index (χ0n) is 18.4. The Labute approximate surface area is 195 Å². The molecular formula is C25H22N4O5. The van der Waals surface area contributed by atoms with Crippen LogP contribution in [0.25, 0.3) is 11.5 Å². The Morgan fingerprint density at radius 2 is 1.85 bits per heavy atom. The van der Waals surface area contributed by atoms with Gasteiger partial charge in [-0.3, -0.25) is 0 Å². The first-order valence-corrected chi connectivity index (χ1v) is 10.8. The van der Waals surface area contributed by atoms with Crippen LogP contribution in [-0.2, 0) is 6.42 Å². The molecule has 4 aromatic rings. The maximum Gasteiger partial charge on any atom is 0.323 e. The number of amides is 2. The highest BCUT2D eigenvalue weighted by Crippen LogP contribution is 2.33. The highest BCUT2D eigenvalue weighted by molar-refractivity contribution is 6.00. The summed E-state index contributed by atoms with van der Waals surface area (Å²) >= 11 is 0. The molecule has 0 spiro atoms. The molecular weight excluding hydrogens is 436 g/mol. The summed E-state index contributed by atoms with van der Waals surface area (Å²) in [4.78, 5) is 12.5. The fraction of sp³-hybridized carbons (Fsp3) is 0.160. The van der Waals surface area contributed by atoms with Crippen LogP contribution in [0.3, 0.4) is 0 Å². The fourth-order valence-electron chi connectivity index (χ4n) is 3.53. The number of nitrogens with one attached hydrogen (secondary N) is 2. The molecule has 5 rings (SSSR count). The normalized spacial score (nSPS) is 11.8. The lowest BCUT2D eigenvalue weighted by Crippen LogP contribution is -2.19. The predicted molar refractivity (Wildman–Crippen MR) is 125 cm³/mol. The lowest BCUT2D eigenvalue weighted by Gasteiger charge is -2.12. The van der Waals surface area contributed by atoms with Gasteiger partial charge in [0, 0.05) is 11.3 Å². The van der Waals surface area contributed by atoms with Crippen molar-refractivity contribution < 1.29 is 23.4 Å². The van der Waals surface area contributed by atoms with E-state index in [-0.39, 0.29) is 6.79 Å². The largest absolute Gasteiger partial charge is 0.492 e. The van der Waals surface area contributed by atoms with Gasteiger partial charge in [0.2, 0.25) is 18.6 Å². The molecule has 2 amide bonds. The maximum absolute atomic E-state index is 12.5. The van der Waals surface area contributed by atoms with Crippen LogP contribution >= 0.6 is 0 Å². The van der Waals surface area contributed by atoms with Gasteiger partial charge in [-0.1, -0.05) is 24.3 Å². The molecule has 0 saturated heterocycles. The minimum atomic E-state index is -0.390. The summed E-state index contributed by atoms with van der Waals surface area (Å²) in [7, 11) is 0.